The highest BCUT2D eigenvalue weighted by atomic mass is 79.9. The lowest BCUT2D eigenvalue weighted by atomic mass is 10.1. The summed E-state index contributed by atoms with van der Waals surface area (Å²) >= 11 is 3.28. The number of benzene rings is 2. The first-order valence-electron chi connectivity index (χ1n) is 6.19. The quantitative estimate of drug-likeness (QED) is 0.770. The second-order valence-corrected chi connectivity index (χ2v) is 6.92. The fraction of sp³-hybridized carbons (Fsp3) is 0. The standard InChI is InChI=1S/C15H11BrN2O2S/c16-13-8-4-10-17-15(13)18-21(19,20)14-9-3-6-11-5-1-2-7-12(11)14/h1-10H,(H,17,18). The van der Waals surface area contributed by atoms with Gasteiger partial charge in [0.25, 0.3) is 10.0 Å². The van der Waals surface area contributed by atoms with Gasteiger partial charge in [-0.05, 0) is 39.5 Å². The second kappa shape index (κ2) is 5.46. The number of sulfonamides is 1. The van der Waals surface area contributed by atoms with Crippen LogP contribution in [0.4, 0.5) is 5.82 Å². The Balaban J connectivity index is 2.11. The lowest BCUT2D eigenvalue weighted by Gasteiger charge is -2.10. The van der Waals surface area contributed by atoms with E-state index < -0.39 is 10.0 Å². The fourth-order valence-corrected chi connectivity index (χ4v) is 3.82. The summed E-state index contributed by atoms with van der Waals surface area (Å²) in [4.78, 5) is 4.27. The topological polar surface area (TPSA) is 59.1 Å². The predicted octanol–water partition coefficient (Wildman–Crippen LogP) is 3.80. The minimum atomic E-state index is -3.70. The number of anilines is 1. The Morgan fingerprint density at radius 3 is 2.52 bits per heavy atom. The SMILES string of the molecule is O=S(=O)(Nc1ncccc1Br)c1cccc2ccccc12. The largest absolute Gasteiger partial charge is 0.263 e. The summed E-state index contributed by atoms with van der Waals surface area (Å²) in [5.74, 6) is 0.269. The number of fused-ring (bicyclic) bond motifs is 1. The summed E-state index contributed by atoms with van der Waals surface area (Å²) in [5.41, 5.74) is 0. The van der Waals surface area contributed by atoms with Crippen LogP contribution in [0.3, 0.4) is 0 Å². The van der Waals surface area contributed by atoms with Gasteiger partial charge in [0.05, 0.1) is 9.37 Å². The van der Waals surface area contributed by atoms with Gasteiger partial charge >= 0.3 is 0 Å². The zero-order valence-electron chi connectivity index (χ0n) is 10.8. The van der Waals surface area contributed by atoms with Crippen LogP contribution in [0.5, 0.6) is 0 Å². The molecule has 106 valence electrons. The van der Waals surface area contributed by atoms with Crippen molar-refractivity contribution >= 4 is 42.5 Å². The van der Waals surface area contributed by atoms with Gasteiger partial charge in [0, 0.05) is 11.6 Å². The molecule has 2 aromatic carbocycles. The molecule has 0 aliphatic heterocycles. The van der Waals surface area contributed by atoms with E-state index in [0.29, 0.717) is 9.86 Å². The van der Waals surface area contributed by atoms with Crippen LogP contribution in [0.15, 0.2) is 70.2 Å². The molecule has 0 atom stereocenters. The second-order valence-electron chi connectivity index (χ2n) is 4.42. The predicted molar refractivity (Wildman–Crippen MR) is 86.7 cm³/mol. The van der Waals surface area contributed by atoms with E-state index in [0.717, 1.165) is 5.39 Å². The van der Waals surface area contributed by atoms with Crippen LogP contribution < -0.4 is 4.72 Å². The van der Waals surface area contributed by atoms with E-state index in [2.05, 4.69) is 25.6 Å². The molecule has 0 radical (unpaired) electrons. The molecular weight excluding hydrogens is 352 g/mol. The minimum absolute atomic E-state index is 0.234. The summed E-state index contributed by atoms with van der Waals surface area (Å²) < 4.78 is 28.3. The zero-order valence-corrected chi connectivity index (χ0v) is 13.2. The highest BCUT2D eigenvalue weighted by Gasteiger charge is 2.18. The number of hydrogen-bond donors (Lipinski definition) is 1. The summed E-state index contributed by atoms with van der Waals surface area (Å²) in [7, 11) is -3.70. The summed E-state index contributed by atoms with van der Waals surface area (Å²) in [6.45, 7) is 0. The van der Waals surface area contributed by atoms with E-state index in [4.69, 9.17) is 0 Å². The molecule has 3 rings (SSSR count). The number of nitrogens with zero attached hydrogens (tertiary/aromatic N) is 1. The smallest absolute Gasteiger partial charge is 0.262 e. The van der Waals surface area contributed by atoms with Crippen LogP contribution in [0.2, 0.25) is 0 Å². The molecule has 0 unspecified atom stereocenters. The summed E-state index contributed by atoms with van der Waals surface area (Å²) in [6.07, 6.45) is 1.53. The average Bonchev–Trinajstić information content (AvgIpc) is 2.49. The van der Waals surface area contributed by atoms with Crippen LogP contribution in [0.1, 0.15) is 0 Å². The highest BCUT2D eigenvalue weighted by molar-refractivity contribution is 9.10. The molecule has 0 saturated heterocycles. The lowest BCUT2D eigenvalue weighted by Crippen LogP contribution is -2.14. The third kappa shape index (κ3) is 2.77. The van der Waals surface area contributed by atoms with Gasteiger partial charge in [-0.25, -0.2) is 13.4 Å². The number of halogens is 1. The van der Waals surface area contributed by atoms with Gasteiger partial charge in [-0.1, -0.05) is 36.4 Å². The fourth-order valence-electron chi connectivity index (χ4n) is 2.07. The van der Waals surface area contributed by atoms with Gasteiger partial charge in [0.15, 0.2) is 5.82 Å². The molecule has 6 heteroatoms. The molecule has 1 heterocycles. The van der Waals surface area contributed by atoms with Gasteiger partial charge in [-0.15, -0.1) is 0 Å². The van der Waals surface area contributed by atoms with Crippen molar-refractivity contribution in [2.75, 3.05) is 4.72 Å². The first-order chi connectivity index (χ1) is 10.1. The maximum Gasteiger partial charge on any atom is 0.263 e. The number of pyridine rings is 1. The first-order valence-corrected chi connectivity index (χ1v) is 8.47. The van der Waals surface area contributed by atoms with Crippen molar-refractivity contribution < 1.29 is 8.42 Å². The summed E-state index contributed by atoms with van der Waals surface area (Å²) in [5, 5.41) is 1.56. The van der Waals surface area contributed by atoms with Crippen molar-refractivity contribution in [1.82, 2.24) is 4.98 Å². The number of nitrogens with one attached hydrogen (secondary N) is 1. The molecule has 0 aliphatic carbocycles. The van der Waals surface area contributed by atoms with Crippen molar-refractivity contribution in [3.63, 3.8) is 0 Å². The third-order valence-corrected chi connectivity index (χ3v) is 5.07. The van der Waals surface area contributed by atoms with Gasteiger partial charge in [-0.2, -0.15) is 0 Å². The van der Waals surface area contributed by atoms with Gasteiger partial charge in [0.1, 0.15) is 0 Å². The lowest BCUT2D eigenvalue weighted by molar-refractivity contribution is 0.602. The molecule has 0 fully saturated rings. The normalized spacial score (nSPS) is 11.5. The van der Waals surface area contributed by atoms with E-state index in [1.54, 1.807) is 30.3 Å². The molecule has 3 aromatic rings. The molecule has 0 aliphatic rings. The first kappa shape index (κ1) is 14.0. The van der Waals surface area contributed by atoms with E-state index in [9.17, 15) is 8.42 Å². The number of hydrogen-bond acceptors (Lipinski definition) is 3. The van der Waals surface area contributed by atoms with E-state index in [1.807, 2.05) is 24.3 Å². The monoisotopic (exact) mass is 362 g/mol. The summed E-state index contributed by atoms with van der Waals surface area (Å²) in [6, 6.07) is 16.0. The molecular formula is C15H11BrN2O2S. The Labute approximate surface area is 131 Å². The molecule has 1 aromatic heterocycles. The Morgan fingerprint density at radius 1 is 0.952 bits per heavy atom. The minimum Gasteiger partial charge on any atom is -0.262 e. The Kier molecular flexibility index (Phi) is 3.65. The number of rotatable bonds is 3. The van der Waals surface area contributed by atoms with Gasteiger partial charge in [0.2, 0.25) is 0 Å². The van der Waals surface area contributed by atoms with E-state index in [1.165, 1.54) is 6.20 Å². The Hall–Kier alpha value is -1.92. The van der Waals surface area contributed by atoms with Crippen molar-refractivity contribution in [1.29, 1.82) is 0 Å². The van der Waals surface area contributed by atoms with Crippen LogP contribution in [0, 0.1) is 0 Å². The van der Waals surface area contributed by atoms with Gasteiger partial charge < -0.3 is 0 Å². The average molecular weight is 363 g/mol. The Morgan fingerprint density at radius 2 is 1.71 bits per heavy atom. The highest BCUT2D eigenvalue weighted by Crippen LogP contribution is 2.26. The number of aromatic nitrogens is 1. The van der Waals surface area contributed by atoms with Crippen molar-refractivity contribution in [2.24, 2.45) is 0 Å². The van der Waals surface area contributed by atoms with Crippen molar-refractivity contribution in [3.05, 3.63) is 65.3 Å². The van der Waals surface area contributed by atoms with Crippen molar-refractivity contribution in [3.8, 4) is 0 Å². The molecule has 4 nitrogen and oxygen atoms in total. The zero-order chi connectivity index (χ0) is 14.9. The molecule has 21 heavy (non-hydrogen) atoms. The maximum absolute atomic E-state index is 12.6. The molecule has 1 N–H and O–H groups in total. The molecule has 0 bridgehead atoms. The molecule has 0 amide bonds. The van der Waals surface area contributed by atoms with Crippen LogP contribution >= 0.6 is 15.9 Å². The molecule has 0 saturated carbocycles. The third-order valence-electron chi connectivity index (χ3n) is 3.03. The van der Waals surface area contributed by atoms with Crippen molar-refractivity contribution in [2.45, 2.75) is 4.90 Å². The Bertz CT molecular complexity index is 905. The van der Waals surface area contributed by atoms with E-state index >= 15 is 0 Å². The maximum atomic E-state index is 12.6. The van der Waals surface area contributed by atoms with Gasteiger partial charge in [-0.3, -0.25) is 4.72 Å². The molecule has 0 spiro atoms. The van der Waals surface area contributed by atoms with E-state index in [-0.39, 0.29) is 10.7 Å². The van der Waals surface area contributed by atoms with Crippen LogP contribution in [-0.2, 0) is 10.0 Å². The van der Waals surface area contributed by atoms with Crippen LogP contribution in [-0.4, -0.2) is 13.4 Å². The van der Waals surface area contributed by atoms with Crippen LogP contribution in [0.25, 0.3) is 10.8 Å².